The van der Waals surface area contributed by atoms with E-state index >= 15 is 0 Å². The minimum absolute atomic E-state index is 0.0962. The maximum Gasteiger partial charge on any atom is 0.327 e. The number of benzene rings is 2. The second-order valence-electron chi connectivity index (χ2n) is 10.1. The summed E-state index contributed by atoms with van der Waals surface area (Å²) in [5.41, 5.74) is 0.440. The minimum atomic E-state index is -4.27. The summed E-state index contributed by atoms with van der Waals surface area (Å²) in [5, 5.41) is 9.30. The fourth-order valence-corrected chi connectivity index (χ4v) is 7.73. The van der Waals surface area contributed by atoms with E-state index in [0.717, 1.165) is 42.8 Å². The van der Waals surface area contributed by atoms with Crippen molar-refractivity contribution in [3.8, 4) is 11.5 Å². The molecule has 11 heteroatoms. The molecule has 0 unspecified atom stereocenters. The molecule has 1 saturated heterocycles. The second kappa shape index (κ2) is 12.9. The summed E-state index contributed by atoms with van der Waals surface area (Å²) >= 11 is 12.1. The number of unbranched alkanes of at least 4 members (excludes halogenated alkanes) is 1. The van der Waals surface area contributed by atoms with Gasteiger partial charge in [0.1, 0.15) is 17.5 Å². The van der Waals surface area contributed by atoms with Crippen LogP contribution in [-0.2, 0) is 24.3 Å². The zero-order valence-electron chi connectivity index (χ0n) is 21.7. The molecule has 0 spiro atoms. The molecule has 0 amide bonds. The van der Waals surface area contributed by atoms with Crippen LogP contribution in [0.1, 0.15) is 69.9 Å². The highest BCUT2D eigenvalue weighted by molar-refractivity contribution is 7.92. The van der Waals surface area contributed by atoms with Gasteiger partial charge >= 0.3 is 11.9 Å². The van der Waals surface area contributed by atoms with Gasteiger partial charge in [0, 0.05) is 6.07 Å². The Morgan fingerprint density at radius 2 is 1.77 bits per heavy atom. The number of halogens is 2. The number of carbonyl (C=O) groups excluding carboxylic acids is 1. The van der Waals surface area contributed by atoms with Crippen LogP contribution in [0.25, 0.3) is 0 Å². The third kappa shape index (κ3) is 6.70. The van der Waals surface area contributed by atoms with E-state index in [0.29, 0.717) is 33.5 Å². The highest BCUT2D eigenvalue weighted by atomic mass is 35.5. The Kier molecular flexibility index (Phi) is 9.80. The van der Waals surface area contributed by atoms with Gasteiger partial charge in [0.05, 0.1) is 22.7 Å². The summed E-state index contributed by atoms with van der Waals surface area (Å²) in [4.78, 5) is 25.5. The van der Waals surface area contributed by atoms with Crippen molar-refractivity contribution in [1.82, 2.24) is 4.31 Å². The van der Waals surface area contributed by atoms with Gasteiger partial charge in [-0.1, -0.05) is 80.8 Å². The molecule has 0 radical (unpaired) electrons. The smallest absolute Gasteiger partial charge is 0.327 e. The van der Waals surface area contributed by atoms with Crippen LogP contribution in [-0.4, -0.2) is 47.7 Å². The van der Waals surface area contributed by atoms with E-state index in [1.807, 2.05) is 6.92 Å². The van der Waals surface area contributed by atoms with Gasteiger partial charge in [-0.15, -0.1) is 0 Å². The summed E-state index contributed by atoms with van der Waals surface area (Å²) in [5.74, 6) is -1.21. The lowest BCUT2D eigenvalue weighted by molar-refractivity contribution is -0.150. The first-order valence-corrected chi connectivity index (χ1v) is 15.5. The van der Waals surface area contributed by atoms with Crippen LogP contribution in [0, 0.1) is 5.92 Å². The molecule has 0 aromatic heterocycles. The number of ether oxygens (including phenoxy) is 2. The molecule has 3 atom stereocenters. The Labute approximate surface area is 239 Å². The van der Waals surface area contributed by atoms with E-state index in [4.69, 9.17) is 32.7 Å². The lowest BCUT2D eigenvalue weighted by Gasteiger charge is -2.48. The maximum atomic E-state index is 13.5. The number of rotatable bonds is 11. The fourth-order valence-electron chi connectivity index (χ4n) is 5.36. The van der Waals surface area contributed by atoms with Crippen molar-refractivity contribution >= 4 is 45.2 Å². The molecule has 1 aliphatic carbocycles. The van der Waals surface area contributed by atoms with Crippen LogP contribution < -0.4 is 4.74 Å². The van der Waals surface area contributed by atoms with Gasteiger partial charge in [-0.05, 0) is 48.6 Å². The number of hydrogen-bond donors (Lipinski definition) is 1. The SMILES string of the molecule is CCCCOC(=O)[C@@H]1[C@@H](c2cccc(Oc3ccc(Cl)c(Cl)c3)c2)N([C@@H](CC2CCCCC2)C(=O)O)S1(=O)=O. The van der Waals surface area contributed by atoms with Crippen molar-refractivity contribution in [1.29, 1.82) is 0 Å². The molecule has 2 aliphatic rings. The zero-order chi connectivity index (χ0) is 28.2. The second-order valence-corrected chi connectivity index (χ2v) is 12.9. The third-order valence-corrected chi connectivity index (χ3v) is 10.3. The van der Waals surface area contributed by atoms with Gasteiger partial charge in [-0.2, -0.15) is 4.31 Å². The van der Waals surface area contributed by atoms with Gasteiger partial charge in [0.2, 0.25) is 10.0 Å². The Hall–Kier alpha value is -2.33. The van der Waals surface area contributed by atoms with Crippen LogP contribution in [0.3, 0.4) is 0 Å². The molecule has 4 rings (SSSR count). The maximum absolute atomic E-state index is 13.5. The van der Waals surface area contributed by atoms with Crippen LogP contribution >= 0.6 is 23.2 Å². The minimum Gasteiger partial charge on any atom is -0.480 e. The van der Waals surface area contributed by atoms with E-state index in [1.54, 1.807) is 42.5 Å². The summed E-state index contributed by atoms with van der Waals surface area (Å²) in [7, 11) is -4.27. The number of esters is 1. The summed E-state index contributed by atoms with van der Waals surface area (Å²) in [6.07, 6.45) is 6.37. The fraction of sp³-hybridized carbons (Fsp3) is 0.500. The van der Waals surface area contributed by atoms with E-state index in [-0.39, 0.29) is 18.9 Å². The normalized spacial score (nSPS) is 22.0. The molecular weight excluding hydrogens is 565 g/mol. The predicted molar refractivity (Wildman–Crippen MR) is 149 cm³/mol. The van der Waals surface area contributed by atoms with E-state index in [2.05, 4.69) is 0 Å². The molecule has 0 bridgehead atoms. The standard InChI is InChI=1S/C28H33Cl2NO7S/c1-2-3-14-37-28(34)26-25(19-10-7-11-20(16-19)38-21-12-13-22(29)23(30)17-21)31(39(26,35)36)24(27(32)33)15-18-8-5-4-6-9-18/h7,10-13,16-18,24-26H,2-6,8-9,14-15H2,1H3,(H,32,33)/t24-,25+,26-/m0/s1. The molecule has 39 heavy (non-hydrogen) atoms. The Balaban J connectivity index is 1.68. The molecular formula is C28H33Cl2NO7S. The number of nitrogens with zero attached hydrogens (tertiary/aromatic N) is 1. The number of sulfonamides is 1. The zero-order valence-corrected chi connectivity index (χ0v) is 24.1. The first kappa shape index (κ1) is 29.6. The summed E-state index contributed by atoms with van der Waals surface area (Å²) in [6.45, 7) is 2.03. The van der Waals surface area contributed by atoms with Gasteiger partial charge in [0.25, 0.3) is 0 Å². The van der Waals surface area contributed by atoms with Crippen LogP contribution in [0.2, 0.25) is 10.0 Å². The Morgan fingerprint density at radius 3 is 2.44 bits per heavy atom. The van der Waals surface area contributed by atoms with Crippen molar-refractivity contribution in [2.45, 2.75) is 75.6 Å². The van der Waals surface area contributed by atoms with Gasteiger partial charge in [-0.3, -0.25) is 9.59 Å². The van der Waals surface area contributed by atoms with Crippen LogP contribution in [0.5, 0.6) is 11.5 Å². The van der Waals surface area contributed by atoms with Crippen molar-refractivity contribution in [2.24, 2.45) is 5.92 Å². The largest absolute Gasteiger partial charge is 0.480 e. The predicted octanol–water partition coefficient (Wildman–Crippen LogP) is 6.61. The Morgan fingerprint density at radius 1 is 1.05 bits per heavy atom. The number of aliphatic carboxylic acids is 1. The van der Waals surface area contributed by atoms with Gasteiger partial charge < -0.3 is 14.6 Å². The van der Waals surface area contributed by atoms with Crippen molar-refractivity contribution < 1.29 is 32.6 Å². The van der Waals surface area contributed by atoms with Crippen LogP contribution in [0.15, 0.2) is 42.5 Å². The molecule has 1 N–H and O–H groups in total. The van der Waals surface area contributed by atoms with Crippen molar-refractivity contribution in [3.63, 3.8) is 0 Å². The third-order valence-electron chi connectivity index (χ3n) is 7.35. The average Bonchev–Trinajstić information content (AvgIpc) is 2.90. The van der Waals surface area contributed by atoms with E-state index in [1.165, 1.54) is 0 Å². The lowest BCUT2D eigenvalue weighted by Crippen LogP contribution is -2.66. The molecule has 2 aromatic carbocycles. The van der Waals surface area contributed by atoms with E-state index in [9.17, 15) is 23.1 Å². The van der Waals surface area contributed by atoms with Gasteiger partial charge in [-0.25, -0.2) is 8.42 Å². The number of carbonyl (C=O) groups is 2. The highest BCUT2D eigenvalue weighted by Crippen LogP contribution is 2.47. The molecule has 2 fully saturated rings. The quantitative estimate of drug-likeness (QED) is 0.229. The number of hydrogen-bond acceptors (Lipinski definition) is 6. The van der Waals surface area contributed by atoms with E-state index < -0.39 is 39.3 Å². The van der Waals surface area contributed by atoms with Crippen LogP contribution in [0.4, 0.5) is 0 Å². The molecule has 2 aromatic rings. The van der Waals surface area contributed by atoms with Crippen molar-refractivity contribution in [2.75, 3.05) is 6.61 Å². The summed E-state index contributed by atoms with van der Waals surface area (Å²) in [6, 6.07) is 9.08. The first-order valence-electron chi connectivity index (χ1n) is 13.3. The topological polar surface area (TPSA) is 110 Å². The average molecular weight is 599 g/mol. The number of carboxylic acid groups (broad SMARTS) is 1. The molecule has 212 valence electrons. The molecule has 1 saturated carbocycles. The number of carboxylic acids is 1. The van der Waals surface area contributed by atoms with Crippen molar-refractivity contribution in [3.05, 3.63) is 58.1 Å². The lowest BCUT2D eigenvalue weighted by atomic mass is 9.84. The Bertz CT molecular complexity index is 1300. The first-order chi connectivity index (χ1) is 18.6. The summed E-state index contributed by atoms with van der Waals surface area (Å²) < 4.78 is 39.3. The molecule has 1 heterocycles. The van der Waals surface area contributed by atoms with Gasteiger partial charge in [0.15, 0.2) is 5.25 Å². The molecule has 8 nitrogen and oxygen atoms in total. The molecule has 1 aliphatic heterocycles. The monoisotopic (exact) mass is 597 g/mol. The highest BCUT2D eigenvalue weighted by Gasteiger charge is 2.62.